The lowest BCUT2D eigenvalue weighted by molar-refractivity contribution is -0.114. The largest absolute Gasteiger partial charge is 0.302 e. The fourth-order valence-electron chi connectivity index (χ4n) is 3.99. The maximum Gasteiger partial charge on any atom is 0.273 e. The maximum atomic E-state index is 13.1. The molecule has 0 bridgehead atoms. The third-order valence-corrected chi connectivity index (χ3v) is 8.93. The van der Waals surface area contributed by atoms with Crippen LogP contribution in [0.3, 0.4) is 0 Å². The van der Waals surface area contributed by atoms with Gasteiger partial charge in [0.25, 0.3) is 10.0 Å². The lowest BCUT2D eigenvalue weighted by atomic mass is 9.84. The number of hydrogen-bond acceptors (Lipinski definition) is 6. The van der Waals surface area contributed by atoms with E-state index in [-0.39, 0.29) is 21.2 Å². The zero-order valence-corrected chi connectivity index (χ0v) is 21.3. The second-order valence-electron chi connectivity index (χ2n) is 8.01. The van der Waals surface area contributed by atoms with Crippen molar-refractivity contribution in [3.05, 3.63) is 68.8 Å². The fraction of sp³-hybridized carbons (Fsp3) is 0.273. The van der Waals surface area contributed by atoms with Gasteiger partial charge in [0.05, 0.1) is 5.69 Å². The molecule has 0 saturated carbocycles. The van der Waals surface area contributed by atoms with Crippen LogP contribution in [0.5, 0.6) is 0 Å². The number of rotatable bonds is 5. The number of fused-ring (bicyclic) bond motifs is 1. The number of aromatic nitrogens is 1. The molecule has 1 atom stereocenters. The van der Waals surface area contributed by atoms with Crippen molar-refractivity contribution in [2.45, 2.75) is 30.5 Å². The number of halogens is 2. The summed E-state index contributed by atoms with van der Waals surface area (Å²) >= 11 is 13.7. The van der Waals surface area contributed by atoms with Crippen LogP contribution >= 0.6 is 34.5 Å². The molecule has 0 aliphatic carbocycles. The summed E-state index contributed by atoms with van der Waals surface area (Å²) in [5.41, 5.74) is 3.77. The number of sulfonamides is 1. The molecule has 0 fully saturated rings. The van der Waals surface area contributed by atoms with Crippen LogP contribution < -0.4 is 10.0 Å². The van der Waals surface area contributed by atoms with Crippen molar-refractivity contribution >= 4 is 61.3 Å². The Morgan fingerprint density at radius 2 is 2.00 bits per heavy atom. The summed E-state index contributed by atoms with van der Waals surface area (Å²) < 4.78 is 28.8. The van der Waals surface area contributed by atoms with Crippen molar-refractivity contribution in [1.82, 2.24) is 9.88 Å². The first-order valence-corrected chi connectivity index (χ1v) is 13.1. The topological polar surface area (TPSA) is 91.4 Å². The van der Waals surface area contributed by atoms with Crippen LogP contribution in [-0.4, -0.2) is 37.8 Å². The third-order valence-electron chi connectivity index (χ3n) is 5.31. The standard InChI is InChI=1S/C22H22Cl2N4O3S2/c1-12-21(32-22(25-12)26-13(2)29)33(30,31)27-16-6-4-5-14(7-16)18-10-28(3)11-19-17(18)8-15(23)9-20(19)24/h4-9,18,27H,10-11H2,1-3H3,(H,25,26,29). The monoisotopic (exact) mass is 524 g/mol. The van der Waals surface area contributed by atoms with Crippen LogP contribution in [0, 0.1) is 6.92 Å². The molecule has 2 aromatic carbocycles. The van der Waals surface area contributed by atoms with Crippen LogP contribution in [0.4, 0.5) is 10.8 Å². The molecule has 33 heavy (non-hydrogen) atoms. The number of amides is 1. The fourth-order valence-corrected chi connectivity index (χ4v) is 7.07. The van der Waals surface area contributed by atoms with E-state index in [0.29, 0.717) is 21.4 Å². The number of aryl methyl sites for hydroxylation is 1. The molecule has 0 radical (unpaired) electrons. The van der Waals surface area contributed by atoms with Gasteiger partial charge in [0.1, 0.15) is 0 Å². The van der Waals surface area contributed by atoms with E-state index >= 15 is 0 Å². The summed E-state index contributed by atoms with van der Waals surface area (Å²) in [6, 6.07) is 11.0. The van der Waals surface area contributed by atoms with Gasteiger partial charge in [-0.05, 0) is 54.9 Å². The van der Waals surface area contributed by atoms with Crippen LogP contribution in [0.15, 0.2) is 40.6 Å². The van der Waals surface area contributed by atoms with Gasteiger partial charge < -0.3 is 10.2 Å². The number of likely N-dealkylation sites (N-methyl/N-ethyl adjacent to an activating group) is 1. The summed E-state index contributed by atoms with van der Waals surface area (Å²) in [4.78, 5) is 17.6. The molecule has 0 spiro atoms. The molecule has 11 heteroatoms. The lowest BCUT2D eigenvalue weighted by Gasteiger charge is -2.33. The van der Waals surface area contributed by atoms with E-state index in [1.54, 1.807) is 19.1 Å². The smallest absolute Gasteiger partial charge is 0.273 e. The molecule has 1 aromatic heterocycles. The first kappa shape index (κ1) is 24.0. The zero-order valence-electron chi connectivity index (χ0n) is 18.1. The first-order chi connectivity index (χ1) is 15.5. The van der Waals surface area contributed by atoms with E-state index in [1.165, 1.54) is 6.92 Å². The molecular weight excluding hydrogens is 503 g/mol. The van der Waals surface area contributed by atoms with Gasteiger partial charge in [-0.15, -0.1) is 0 Å². The molecule has 7 nitrogen and oxygen atoms in total. The Morgan fingerprint density at radius 3 is 2.73 bits per heavy atom. The second-order valence-corrected chi connectivity index (χ2v) is 11.7. The molecule has 1 unspecified atom stereocenters. The minimum Gasteiger partial charge on any atom is -0.302 e. The van der Waals surface area contributed by atoms with Crippen LogP contribution in [0.25, 0.3) is 0 Å². The van der Waals surface area contributed by atoms with E-state index in [1.807, 2.05) is 31.3 Å². The molecule has 2 N–H and O–H groups in total. The highest BCUT2D eigenvalue weighted by Gasteiger charge is 2.28. The summed E-state index contributed by atoms with van der Waals surface area (Å²) in [7, 11) is -1.87. The predicted molar refractivity (Wildman–Crippen MR) is 133 cm³/mol. The van der Waals surface area contributed by atoms with Gasteiger partial charge in [-0.2, -0.15) is 0 Å². The maximum absolute atomic E-state index is 13.1. The van der Waals surface area contributed by atoms with Gasteiger partial charge >= 0.3 is 0 Å². The lowest BCUT2D eigenvalue weighted by Crippen LogP contribution is -2.31. The summed E-state index contributed by atoms with van der Waals surface area (Å²) in [5, 5.41) is 3.96. The minimum atomic E-state index is -3.89. The van der Waals surface area contributed by atoms with Gasteiger partial charge in [0.15, 0.2) is 9.34 Å². The number of nitrogens with zero attached hydrogens (tertiary/aromatic N) is 2. The number of carbonyl (C=O) groups is 1. The normalized spacial score (nSPS) is 16.3. The van der Waals surface area contributed by atoms with Crippen molar-refractivity contribution in [2.24, 2.45) is 0 Å². The van der Waals surface area contributed by atoms with E-state index in [4.69, 9.17) is 23.2 Å². The van der Waals surface area contributed by atoms with Crippen LogP contribution in [0.2, 0.25) is 10.0 Å². The average Bonchev–Trinajstić information content (AvgIpc) is 3.08. The molecule has 1 amide bonds. The number of thiazole rings is 1. The molecule has 1 aliphatic heterocycles. The predicted octanol–water partition coefficient (Wildman–Crippen LogP) is 5.09. The number of benzene rings is 2. The van der Waals surface area contributed by atoms with E-state index in [0.717, 1.165) is 41.1 Å². The van der Waals surface area contributed by atoms with Gasteiger partial charge in [-0.1, -0.05) is 46.7 Å². The molecule has 1 aliphatic rings. The number of hydrogen-bond donors (Lipinski definition) is 2. The summed E-state index contributed by atoms with van der Waals surface area (Å²) in [6.45, 7) is 4.40. The summed E-state index contributed by atoms with van der Waals surface area (Å²) in [6.07, 6.45) is 0. The van der Waals surface area contributed by atoms with E-state index in [2.05, 4.69) is 19.9 Å². The van der Waals surface area contributed by atoms with Gasteiger partial charge in [-0.25, -0.2) is 13.4 Å². The minimum absolute atomic E-state index is 0.0177. The van der Waals surface area contributed by atoms with Crippen LogP contribution in [-0.2, 0) is 21.4 Å². The van der Waals surface area contributed by atoms with Gasteiger partial charge in [0, 0.05) is 41.7 Å². The van der Waals surface area contributed by atoms with Gasteiger partial charge in [-0.3, -0.25) is 9.52 Å². The highest BCUT2D eigenvalue weighted by atomic mass is 35.5. The molecule has 174 valence electrons. The van der Waals surface area contributed by atoms with Crippen molar-refractivity contribution in [1.29, 1.82) is 0 Å². The molecule has 0 saturated heterocycles. The summed E-state index contributed by atoms with van der Waals surface area (Å²) in [5.74, 6) is -0.331. The Labute approximate surface area is 206 Å². The second kappa shape index (κ2) is 9.23. The Kier molecular flexibility index (Phi) is 6.70. The van der Waals surface area contributed by atoms with Crippen molar-refractivity contribution in [2.75, 3.05) is 23.6 Å². The number of nitrogens with one attached hydrogen (secondary N) is 2. The SMILES string of the molecule is CC(=O)Nc1nc(C)c(S(=O)(=O)Nc2cccc(C3CN(C)Cc4c(Cl)cc(Cl)cc43)c2)s1. The Balaban J connectivity index is 1.66. The molecular formula is C22H22Cl2N4O3S2. The van der Waals surface area contributed by atoms with Gasteiger partial charge in [0.2, 0.25) is 5.91 Å². The van der Waals surface area contributed by atoms with Crippen molar-refractivity contribution < 1.29 is 13.2 Å². The highest BCUT2D eigenvalue weighted by molar-refractivity contribution is 7.94. The van der Waals surface area contributed by atoms with E-state index in [9.17, 15) is 13.2 Å². The van der Waals surface area contributed by atoms with E-state index < -0.39 is 10.0 Å². The zero-order chi connectivity index (χ0) is 23.9. The van der Waals surface area contributed by atoms with Crippen molar-refractivity contribution in [3.8, 4) is 0 Å². The Hall–Kier alpha value is -2.17. The molecule has 3 aromatic rings. The Morgan fingerprint density at radius 1 is 1.24 bits per heavy atom. The van der Waals surface area contributed by atoms with Crippen molar-refractivity contribution in [3.63, 3.8) is 0 Å². The van der Waals surface area contributed by atoms with Crippen LogP contribution in [0.1, 0.15) is 35.2 Å². The highest BCUT2D eigenvalue weighted by Crippen LogP contribution is 2.39. The number of anilines is 2. The Bertz CT molecular complexity index is 1340. The molecule has 4 rings (SSSR count). The third kappa shape index (κ3) is 5.17. The quantitative estimate of drug-likeness (QED) is 0.484. The molecule has 2 heterocycles. The average molecular weight is 525 g/mol. The number of carbonyl (C=O) groups excluding carboxylic acids is 1. The first-order valence-electron chi connectivity index (χ1n) is 10.1.